The zero-order valence-electron chi connectivity index (χ0n) is 11.9. The molecular formula is C15H12Br2N2O3S. The lowest BCUT2D eigenvalue weighted by atomic mass is 10.2. The van der Waals surface area contributed by atoms with Gasteiger partial charge in [-0.3, -0.25) is 10.1 Å². The lowest BCUT2D eigenvalue weighted by Gasteiger charge is -2.11. The molecule has 5 nitrogen and oxygen atoms in total. The van der Waals surface area contributed by atoms with Crippen molar-refractivity contribution in [2.24, 2.45) is 0 Å². The molecule has 0 heterocycles. The van der Waals surface area contributed by atoms with E-state index in [4.69, 9.17) is 17.0 Å². The van der Waals surface area contributed by atoms with E-state index in [1.54, 1.807) is 43.5 Å². The van der Waals surface area contributed by atoms with Gasteiger partial charge in [0.25, 0.3) is 5.91 Å². The van der Waals surface area contributed by atoms with Crippen LogP contribution in [0, 0.1) is 0 Å². The second kappa shape index (κ2) is 7.76. The zero-order valence-corrected chi connectivity index (χ0v) is 15.9. The van der Waals surface area contributed by atoms with Gasteiger partial charge in [0.1, 0.15) is 11.5 Å². The van der Waals surface area contributed by atoms with Gasteiger partial charge >= 0.3 is 0 Å². The molecule has 0 aliphatic rings. The van der Waals surface area contributed by atoms with E-state index < -0.39 is 0 Å². The van der Waals surface area contributed by atoms with Crippen LogP contribution in [-0.2, 0) is 0 Å². The number of hydrogen-bond donors (Lipinski definition) is 3. The molecule has 1 amide bonds. The molecule has 0 fully saturated rings. The van der Waals surface area contributed by atoms with Gasteiger partial charge in [-0.15, -0.1) is 0 Å². The summed E-state index contributed by atoms with van der Waals surface area (Å²) < 4.78 is 6.04. The number of benzene rings is 2. The maximum Gasteiger partial charge on any atom is 0.257 e. The third-order valence-electron chi connectivity index (χ3n) is 2.85. The van der Waals surface area contributed by atoms with Crippen LogP contribution in [0.15, 0.2) is 45.3 Å². The number of methoxy groups -OCH3 is 1. The van der Waals surface area contributed by atoms with E-state index in [0.29, 0.717) is 25.9 Å². The second-order valence-corrected chi connectivity index (χ2v) is 6.54. The van der Waals surface area contributed by atoms with E-state index >= 15 is 0 Å². The lowest BCUT2D eigenvalue weighted by molar-refractivity contribution is 0.0977. The van der Waals surface area contributed by atoms with E-state index in [2.05, 4.69) is 42.5 Å². The SMILES string of the molecule is COc1ccc(C(=O)NC(=S)Nc2cc(Br)c(O)c(Br)c2)cc1. The molecule has 23 heavy (non-hydrogen) atoms. The van der Waals surface area contributed by atoms with E-state index in [0.717, 1.165) is 0 Å². The number of thiocarbonyl (C=S) groups is 1. The molecule has 0 aliphatic carbocycles. The van der Waals surface area contributed by atoms with Gasteiger partial charge in [-0.2, -0.15) is 0 Å². The molecule has 0 saturated carbocycles. The summed E-state index contributed by atoms with van der Waals surface area (Å²) in [5.74, 6) is 0.423. The van der Waals surface area contributed by atoms with E-state index in [9.17, 15) is 9.90 Å². The standard InChI is InChI=1S/C15H12Br2N2O3S/c1-22-10-4-2-8(3-5-10)14(21)19-15(23)18-9-6-11(16)13(20)12(17)7-9/h2-7,20H,1H3,(H2,18,19,21,23). The quantitative estimate of drug-likeness (QED) is 0.477. The van der Waals surface area contributed by atoms with Crippen molar-refractivity contribution in [2.75, 3.05) is 12.4 Å². The first-order chi connectivity index (χ1) is 10.9. The highest BCUT2D eigenvalue weighted by Gasteiger charge is 2.10. The molecule has 120 valence electrons. The summed E-state index contributed by atoms with van der Waals surface area (Å²) in [6.45, 7) is 0. The lowest BCUT2D eigenvalue weighted by Crippen LogP contribution is -2.34. The number of nitrogens with one attached hydrogen (secondary N) is 2. The summed E-state index contributed by atoms with van der Waals surface area (Å²) in [5.41, 5.74) is 1.07. The van der Waals surface area contributed by atoms with Crippen LogP contribution in [-0.4, -0.2) is 23.2 Å². The second-order valence-electron chi connectivity index (χ2n) is 4.43. The maximum absolute atomic E-state index is 12.1. The number of rotatable bonds is 3. The number of phenolic OH excluding ortho intramolecular Hbond substituents is 1. The highest BCUT2D eigenvalue weighted by atomic mass is 79.9. The number of carbonyl (C=O) groups is 1. The molecule has 2 aromatic carbocycles. The minimum absolute atomic E-state index is 0.0868. The Labute approximate surface area is 155 Å². The molecular weight excluding hydrogens is 448 g/mol. The first-order valence-corrected chi connectivity index (χ1v) is 8.34. The normalized spacial score (nSPS) is 10.0. The van der Waals surface area contributed by atoms with Gasteiger partial charge in [-0.25, -0.2) is 0 Å². The highest BCUT2D eigenvalue weighted by Crippen LogP contribution is 2.35. The van der Waals surface area contributed by atoms with Crippen molar-refractivity contribution in [3.8, 4) is 11.5 Å². The number of carbonyl (C=O) groups excluding carboxylic acids is 1. The largest absolute Gasteiger partial charge is 0.506 e. The molecule has 0 saturated heterocycles. The summed E-state index contributed by atoms with van der Waals surface area (Å²) in [6, 6.07) is 9.96. The van der Waals surface area contributed by atoms with Crippen LogP contribution in [0.3, 0.4) is 0 Å². The van der Waals surface area contributed by atoms with Crippen molar-refractivity contribution < 1.29 is 14.6 Å². The van der Waals surface area contributed by atoms with Gasteiger partial charge in [0, 0.05) is 11.3 Å². The molecule has 0 bridgehead atoms. The average molecular weight is 460 g/mol. The predicted molar refractivity (Wildman–Crippen MR) is 100 cm³/mol. The summed E-state index contributed by atoms with van der Waals surface area (Å²) in [5, 5.41) is 15.3. The van der Waals surface area contributed by atoms with Crippen molar-refractivity contribution in [2.45, 2.75) is 0 Å². The first kappa shape index (κ1) is 17.7. The van der Waals surface area contributed by atoms with Crippen molar-refractivity contribution >= 4 is 60.8 Å². The van der Waals surface area contributed by atoms with Crippen LogP contribution < -0.4 is 15.4 Å². The molecule has 0 aromatic heterocycles. The first-order valence-electron chi connectivity index (χ1n) is 6.35. The zero-order chi connectivity index (χ0) is 17.0. The Morgan fingerprint density at radius 2 is 1.74 bits per heavy atom. The number of ether oxygens (including phenoxy) is 1. The maximum atomic E-state index is 12.1. The third-order valence-corrected chi connectivity index (χ3v) is 4.27. The molecule has 0 radical (unpaired) electrons. The minimum Gasteiger partial charge on any atom is -0.506 e. The number of hydrogen-bond acceptors (Lipinski definition) is 4. The van der Waals surface area contributed by atoms with Gasteiger partial charge in [-0.1, -0.05) is 0 Å². The Hall–Kier alpha value is -1.64. The van der Waals surface area contributed by atoms with Crippen molar-refractivity contribution in [1.29, 1.82) is 0 Å². The Kier molecular flexibility index (Phi) is 5.97. The average Bonchev–Trinajstić information content (AvgIpc) is 2.52. The van der Waals surface area contributed by atoms with Crippen LogP contribution in [0.2, 0.25) is 0 Å². The molecule has 0 unspecified atom stereocenters. The van der Waals surface area contributed by atoms with Crippen molar-refractivity contribution in [3.63, 3.8) is 0 Å². The van der Waals surface area contributed by atoms with Gasteiger partial charge < -0.3 is 15.2 Å². The van der Waals surface area contributed by atoms with Crippen molar-refractivity contribution in [1.82, 2.24) is 5.32 Å². The predicted octanol–water partition coefficient (Wildman–Crippen LogP) is 4.05. The smallest absolute Gasteiger partial charge is 0.257 e. The van der Waals surface area contributed by atoms with Crippen LogP contribution in [0.1, 0.15) is 10.4 Å². The summed E-state index contributed by atoms with van der Waals surface area (Å²) in [4.78, 5) is 12.1. The number of phenols is 1. The fourth-order valence-electron chi connectivity index (χ4n) is 1.72. The van der Waals surface area contributed by atoms with Crippen LogP contribution in [0.4, 0.5) is 5.69 Å². The van der Waals surface area contributed by atoms with E-state index in [1.165, 1.54) is 0 Å². The summed E-state index contributed by atoms with van der Waals surface area (Å²) in [7, 11) is 1.56. The summed E-state index contributed by atoms with van der Waals surface area (Å²) in [6.07, 6.45) is 0. The molecule has 2 rings (SSSR count). The Morgan fingerprint density at radius 1 is 1.17 bits per heavy atom. The molecule has 0 aliphatic heterocycles. The summed E-state index contributed by atoms with van der Waals surface area (Å²) >= 11 is 11.6. The van der Waals surface area contributed by atoms with Crippen LogP contribution in [0.25, 0.3) is 0 Å². The fraction of sp³-hybridized carbons (Fsp3) is 0.0667. The Bertz CT molecular complexity index is 728. The Morgan fingerprint density at radius 3 is 2.26 bits per heavy atom. The monoisotopic (exact) mass is 458 g/mol. The van der Waals surface area contributed by atoms with Gasteiger partial charge in [0.05, 0.1) is 16.1 Å². The van der Waals surface area contributed by atoms with Crippen LogP contribution >= 0.6 is 44.1 Å². The minimum atomic E-state index is -0.331. The molecule has 3 N–H and O–H groups in total. The topological polar surface area (TPSA) is 70.6 Å². The third kappa shape index (κ3) is 4.66. The fourth-order valence-corrected chi connectivity index (χ4v) is 3.11. The van der Waals surface area contributed by atoms with Crippen molar-refractivity contribution in [3.05, 3.63) is 50.9 Å². The molecule has 0 spiro atoms. The number of halogens is 2. The van der Waals surface area contributed by atoms with E-state index in [1.807, 2.05) is 0 Å². The molecule has 2 aromatic rings. The number of aromatic hydroxyl groups is 1. The van der Waals surface area contributed by atoms with Gasteiger partial charge in [0.2, 0.25) is 0 Å². The van der Waals surface area contributed by atoms with Crippen LogP contribution in [0.5, 0.6) is 11.5 Å². The number of anilines is 1. The van der Waals surface area contributed by atoms with Gasteiger partial charge in [0.15, 0.2) is 5.11 Å². The Balaban J connectivity index is 2.02. The van der Waals surface area contributed by atoms with Gasteiger partial charge in [-0.05, 0) is 80.5 Å². The molecule has 8 heteroatoms. The molecule has 0 atom stereocenters. The van der Waals surface area contributed by atoms with E-state index in [-0.39, 0.29) is 16.8 Å². The number of amides is 1. The highest BCUT2D eigenvalue weighted by molar-refractivity contribution is 9.11.